The molecule has 0 aromatic carbocycles. The van der Waals surface area contributed by atoms with Crippen molar-refractivity contribution in [3.63, 3.8) is 0 Å². The van der Waals surface area contributed by atoms with E-state index in [0.717, 1.165) is 0 Å². The van der Waals surface area contributed by atoms with Crippen LogP contribution < -0.4 is 5.32 Å². The molecule has 0 radical (unpaired) electrons. The van der Waals surface area contributed by atoms with Gasteiger partial charge in [0, 0.05) is 0 Å². The highest BCUT2D eigenvalue weighted by Gasteiger charge is 1.89. The van der Waals surface area contributed by atoms with Gasteiger partial charge < -0.3 is 5.32 Å². The van der Waals surface area contributed by atoms with Crippen molar-refractivity contribution in [2.24, 2.45) is 0 Å². The summed E-state index contributed by atoms with van der Waals surface area (Å²) in [6.07, 6.45) is 11.0. The molecule has 0 aliphatic heterocycles. The van der Waals surface area contributed by atoms with Gasteiger partial charge in [-0.15, -0.1) is 17.0 Å². The van der Waals surface area contributed by atoms with Crippen LogP contribution in [0.2, 0.25) is 0 Å². The highest BCUT2D eigenvalue weighted by Crippen LogP contribution is 1.98. The van der Waals surface area contributed by atoms with Crippen molar-refractivity contribution in [1.82, 2.24) is 5.32 Å². The molecule has 0 atom stereocenters. The molecule has 0 fully saturated rings. The largest absolute Gasteiger partial charge is 0.317 e. The Balaban J connectivity index is 0. The van der Waals surface area contributed by atoms with Crippen LogP contribution in [-0.4, -0.2) is 13.1 Å². The first-order valence-corrected chi connectivity index (χ1v) is 6.12. The van der Waals surface area contributed by atoms with Crippen molar-refractivity contribution in [3.8, 4) is 0 Å². The van der Waals surface area contributed by atoms with E-state index in [4.69, 9.17) is 0 Å². The predicted octanol–water partition coefficient (Wildman–Crippen LogP) is 4.31. The zero-order valence-electron chi connectivity index (χ0n) is 9.98. The van der Waals surface area contributed by atoms with Gasteiger partial charge in [0.1, 0.15) is 0 Å². The molecule has 88 valence electrons. The van der Waals surface area contributed by atoms with Crippen molar-refractivity contribution >= 4 is 17.0 Å². The van der Waals surface area contributed by atoms with Crippen LogP contribution in [0.25, 0.3) is 0 Å². The Labute approximate surface area is 101 Å². The molecule has 0 aromatic heterocycles. The quantitative estimate of drug-likeness (QED) is 0.581. The summed E-state index contributed by atoms with van der Waals surface area (Å²) in [4.78, 5) is 0. The van der Waals surface area contributed by atoms with E-state index in [9.17, 15) is 0 Å². The lowest BCUT2D eigenvalue weighted by atomic mass is 10.2. The van der Waals surface area contributed by atoms with Gasteiger partial charge in [-0.1, -0.05) is 52.4 Å². The molecular formula is C12H28BrN. The van der Waals surface area contributed by atoms with Crippen molar-refractivity contribution in [1.29, 1.82) is 0 Å². The summed E-state index contributed by atoms with van der Waals surface area (Å²) >= 11 is 0. The summed E-state index contributed by atoms with van der Waals surface area (Å²) in [5.74, 6) is 0. The standard InChI is InChI=1S/C12H27N.BrH/c1-3-5-7-9-11-13-12-10-8-6-4-2;/h13H,3-12H2,1-2H3;1H. The van der Waals surface area contributed by atoms with Crippen LogP contribution in [0, 0.1) is 0 Å². The summed E-state index contributed by atoms with van der Waals surface area (Å²) in [7, 11) is 0. The topological polar surface area (TPSA) is 12.0 Å². The predicted molar refractivity (Wildman–Crippen MR) is 71.5 cm³/mol. The van der Waals surface area contributed by atoms with Crippen molar-refractivity contribution in [3.05, 3.63) is 0 Å². The van der Waals surface area contributed by atoms with Gasteiger partial charge in [0.05, 0.1) is 0 Å². The van der Waals surface area contributed by atoms with Crippen LogP contribution in [0.3, 0.4) is 0 Å². The van der Waals surface area contributed by atoms with Gasteiger partial charge in [-0.2, -0.15) is 0 Å². The third-order valence-corrected chi connectivity index (χ3v) is 2.41. The average molecular weight is 266 g/mol. The van der Waals surface area contributed by atoms with Gasteiger partial charge in [-0.3, -0.25) is 0 Å². The Morgan fingerprint density at radius 2 is 1.07 bits per heavy atom. The molecule has 1 nitrogen and oxygen atoms in total. The third kappa shape index (κ3) is 14.9. The Hall–Kier alpha value is 0.440. The summed E-state index contributed by atoms with van der Waals surface area (Å²) in [6, 6.07) is 0. The number of nitrogens with one attached hydrogen (secondary N) is 1. The maximum Gasteiger partial charge on any atom is -0.00489 e. The summed E-state index contributed by atoms with van der Waals surface area (Å²) in [5, 5.41) is 3.50. The van der Waals surface area contributed by atoms with Gasteiger partial charge in [-0.05, 0) is 25.9 Å². The normalized spacial score (nSPS) is 9.86. The van der Waals surface area contributed by atoms with Gasteiger partial charge in [0.15, 0.2) is 0 Å². The molecule has 0 amide bonds. The van der Waals surface area contributed by atoms with E-state index in [-0.39, 0.29) is 17.0 Å². The second-order valence-corrected chi connectivity index (χ2v) is 3.87. The van der Waals surface area contributed by atoms with Crippen LogP contribution in [0.1, 0.15) is 65.2 Å². The highest BCUT2D eigenvalue weighted by molar-refractivity contribution is 8.93. The van der Waals surface area contributed by atoms with Crippen molar-refractivity contribution in [2.75, 3.05) is 13.1 Å². The smallest absolute Gasteiger partial charge is 0.00489 e. The van der Waals surface area contributed by atoms with Crippen molar-refractivity contribution < 1.29 is 0 Å². The fourth-order valence-electron chi connectivity index (χ4n) is 1.48. The van der Waals surface area contributed by atoms with Crippen LogP contribution in [0.4, 0.5) is 0 Å². The Kier molecular flexibility index (Phi) is 19.1. The van der Waals surface area contributed by atoms with E-state index in [1.165, 1.54) is 64.5 Å². The number of unbranched alkanes of at least 4 members (excludes halogenated alkanes) is 6. The van der Waals surface area contributed by atoms with Gasteiger partial charge in [-0.25, -0.2) is 0 Å². The molecule has 14 heavy (non-hydrogen) atoms. The van der Waals surface area contributed by atoms with Gasteiger partial charge in [0.25, 0.3) is 0 Å². The first kappa shape index (κ1) is 16.9. The lowest BCUT2D eigenvalue weighted by Crippen LogP contribution is -2.16. The molecule has 0 saturated heterocycles. The molecule has 0 bridgehead atoms. The van der Waals surface area contributed by atoms with E-state index < -0.39 is 0 Å². The molecule has 0 aliphatic rings. The van der Waals surface area contributed by atoms with E-state index in [1.807, 2.05) is 0 Å². The lowest BCUT2D eigenvalue weighted by Gasteiger charge is -2.03. The average Bonchev–Trinajstić information content (AvgIpc) is 2.16. The molecule has 2 heteroatoms. The second-order valence-electron chi connectivity index (χ2n) is 3.87. The SMILES string of the molecule is Br.CCCCCCNCCCCCC. The minimum Gasteiger partial charge on any atom is -0.317 e. The summed E-state index contributed by atoms with van der Waals surface area (Å²) in [5.41, 5.74) is 0. The zero-order valence-corrected chi connectivity index (χ0v) is 11.7. The number of halogens is 1. The molecule has 0 rings (SSSR count). The minimum atomic E-state index is 0. The molecule has 0 saturated carbocycles. The van der Waals surface area contributed by atoms with E-state index in [1.54, 1.807) is 0 Å². The van der Waals surface area contributed by atoms with E-state index in [0.29, 0.717) is 0 Å². The lowest BCUT2D eigenvalue weighted by molar-refractivity contribution is 0.564. The van der Waals surface area contributed by atoms with Crippen LogP contribution >= 0.6 is 17.0 Å². The van der Waals surface area contributed by atoms with Crippen LogP contribution in [0.15, 0.2) is 0 Å². The molecule has 1 N–H and O–H groups in total. The minimum absolute atomic E-state index is 0. The van der Waals surface area contributed by atoms with E-state index >= 15 is 0 Å². The third-order valence-electron chi connectivity index (χ3n) is 2.41. The number of hydrogen-bond donors (Lipinski definition) is 1. The maximum absolute atomic E-state index is 3.50. The molecule has 0 aromatic rings. The molecule has 0 unspecified atom stereocenters. The monoisotopic (exact) mass is 265 g/mol. The van der Waals surface area contributed by atoms with Crippen LogP contribution in [0.5, 0.6) is 0 Å². The highest BCUT2D eigenvalue weighted by atomic mass is 79.9. The first-order chi connectivity index (χ1) is 6.41. The van der Waals surface area contributed by atoms with Gasteiger partial charge >= 0.3 is 0 Å². The Bertz CT molecular complexity index is 76.4. The Morgan fingerprint density at radius 1 is 0.643 bits per heavy atom. The Morgan fingerprint density at radius 3 is 1.43 bits per heavy atom. The summed E-state index contributed by atoms with van der Waals surface area (Å²) < 4.78 is 0. The first-order valence-electron chi connectivity index (χ1n) is 6.12. The van der Waals surface area contributed by atoms with Gasteiger partial charge in [0.2, 0.25) is 0 Å². The second kappa shape index (κ2) is 15.9. The molecular weight excluding hydrogens is 238 g/mol. The molecule has 0 spiro atoms. The fraction of sp³-hybridized carbons (Fsp3) is 1.00. The van der Waals surface area contributed by atoms with Crippen molar-refractivity contribution in [2.45, 2.75) is 65.2 Å². The number of rotatable bonds is 10. The number of hydrogen-bond acceptors (Lipinski definition) is 1. The molecule has 0 heterocycles. The zero-order chi connectivity index (χ0) is 9.78. The van der Waals surface area contributed by atoms with Crippen LogP contribution in [-0.2, 0) is 0 Å². The summed E-state index contributed by atoms with van der Waals surface area (Å²) in [6.45, 7) is 6.98. The van der Waals surface area contributed by atoms with E-state index in [2.05, 4.69) is 19.2 Å². The maximum atomic E-state index is 3.50. The fourth-order valence-corrected chi connectivity index (χ4v) is 1.48. The molecule has 0 aliphatic carbocycles.